The molecule has 7 heteroatoms. The summed E-state index contributed by atoms with van der Waals surface area (Å²) in [6, 6.07) is 1.20. The molecule has 0 aliphatic carbocycles. The van der Waals surface area contributed by atoms with Crippen LogP contribution in [0.2, 0.25) is 0 Å². The first-order valence-electron chi connectivity index (χ1n) is 4.25. The minimum absolute atomic E-state index is 0.103. The number of hydrogen-bond donors (Lipinski definition) is 2. The van der Waals surface area contributed by atoms with Gasteiger partial charge in [0.25, 0.3) is 5.56 Å². The van der Waals surface area contributed by atoms with Crippen molar-refractivity contribution in [3.05, 3.63) is 33.1 Å². The van der Waals surface area contributed by atoms with Crippen LogP contribution >= 0.6 is 0 Å². The molecule has 0 aliphatic rings. The molecule has 0 aliphatic heterocycles. The lowest BCUT2D eigenvalue weighted by molar-refractivity contribution is -0.148. The van der Waals surface area contributed by atoms with Crippen molar-refractivity contribution in [2.45, 2.75) is 13.5 Å². The van der Waals surface area contributed by atoms with Crippen LogP contribution < -0.4 is 17.1 Å². The van der Waals surface area contributed by atoms with Gasteiger partial charge in [-0.25, -0.2) is 4.79 Å². The summed E-state index contributed by atoms with van der Waals surface area (Å²) in [6.07, 6.45) is 1.31. The third-order valence-electron chi connectivity index (χ3n) is 1.89. The number of nitrogens with two attached hydrogens (primary N) is 1. The van der Waals surface area contributed by atoms with Crippen molar-refractivity contribution >= 4 is 5.97 Å². The van der Waals surface area contributed by atoms with Gasteiger partial charge in [-0.2, -0.15) is 5.90 Å². The SMILES string of the molecule is CC(Cn1ccc(=O)[nH]c1=O)C(=O)ON. The topological polar surface area (TPSA) is 107 Å². The van der Waals surface area contributed by atoms with Crippen LogP contribution in [0, 0.1) is 5.92 Å². The molecule has 7 nitrogen and oxygen atoms in total. The zero-order valence-electron chi connectivity index (χ0n) is 8.10. The maximum absolute atomic E-state index is 11.2. The van der Waals surface area contributed by atoms with E-state index in [2.05, 4.69) is 9.82 Å². The third-order valence-corrected chi connectivity index (χ3v) is 1.89. The molecule has 15 heavy (non-hydrogen) atoms. The summed E-state index contributed by atoms with van der Waals surface area (Å²) in [5.41, 5.74) is -1.05. The average Bonchev–Trinajstić information content (AvgIpc) is 2.20. The molecule has 3 N–H and O–H groups in total. The standard InChI is InChI=1S/C8H11N3O4/c1-5(7(13)15-9)4-11-3-2-6(12)10-8(11)14/h2-3,5H,4,9H2,1H3,(H,10,12,14). The summed E-state index contributed by atoms with van der Waals surface area (Å²) in [7, 11) is 0. The number of aromatic nitrogens is 2. The zero-order chi connectivity index (χ0) is 11.4. The normalized spacial score (nSPS) is 12.1. The van der Waals surface area contributed by atoms with Gasteiger partial charge in [0, 0.05) is 18.8 Å². The Kier molecular flexibility index (Phi) is 3.40. The number of aromatic amines is 1. The lowest BCUT2D eigenvalue weighted by Gasteiger charge is -2.09. The van der Waals surface area contributed by atoms with E-state index in [1.807, 2.05) is 0 Å². The second kappa shape index (κ2) is 4.56. The van der Waals surface area contributed by atoms with Crippen molar-refractivity contribution in [2.24, 2.45) is 11.8 Å². The van der Waals surface area contributed by atoms with Gasteiger partial charge < -0.3 is 4.84 Å². The van der Waals surface area contributed by atoms with E-state index in [-0.39, 0.29) is 6.54 Å². The molecule has 1 atom stereocenters. The Balaban J connectivity index is 2.86. The Morgan fingerprint density at radius 1 is 1.67 bits per heavy atom. The monoisotopic (exact) mass is 213 g/mol. The van der Waals surface area contributed by atoms with Gasteiger partial charge in [0.15, 0.2) is 0 Å². The van der Waals surface area contributed by atoms with Gasteiger partial charge in [-0.3, -0.25) is 19.1 Å². The number of carbonyl (C=O) groups is 1. The highest BCUT2D eigenvalue weighted by Gasteiger charge is 2.14. The fourth-order valence-electron chi connectivity index (χ4n) is 1.07. The van der Waals surface area contributed by atoms with Gasteiger partial charge in [0.05, 0.1) is 5.92 Å². The predicted molar refractivity (Wildman–Crippen MR) is 50.8 cm³/mol. The summed E-state index contributed by atoms with van der Waals surface area (Å²) in [4.78, 5) is 39.0. The van der Waals surface area contributed by atoms with E-state index in [9.17, 15) is 14.4 Å². The average molecular weight is 213 g/mol. The highest BCUT2D eigenvalue weighted by Crippen LogP contribution is 1.98. The van der Waals surface area contributed by atoms with Crippen LogP contribution in [0.25, 0.3) is 0 Å². The van der Waals surface area contributed by atoms with Crippen molar-refractivity contribution in [1.29, 1.82) is 0 Å². The van der Waals surface area contributed by atoms with Crippen LogP contribution in [0.4, 0.5) is 0 Å². The summed E-state index contributed by atoms with van der Waals surface area (Å²) in [5, 5.41) is 0. The van der Waals surface area contributed by atoms with Crippen LogP contribution in [0.1, 0.15) is 6.92 Å². The molecule has 82 valence electrons. The van der Waals surface area contributed by atoms with Gasteiger partial charge in [-0.1, -0.05) is 6.92 Å². The maximum Gasteiger partial charge on any atom is 0.328 e. The predicted octanol–water partition coefficient (Wildman–Crippen LogP) is -1.41. The fourth-order valence-corrected chi connectivity index (χ4v) is 1.07. The minimum atomic E-state index is -0.617. The van der Waals surface area contributed by atoms with E-state index in [4.69, 9.17) is 5.90 Å². The van der Waals surface area contributed by atoms with Crippen molar-refractivity contribution in [1.82, 2.24) is 9.55 Å². The lowest BCUT2D eigenvalue weighted by atomic mass is 10.2. The van der Waals surface area contributed by atoms with Crippen LogP contribution in [0.3, 0.4) is 0 Å². The highest BCUT2D eigenvalue weighted by atomic mass is 16.7. The molecular weight excluding hydrogens is 202 g/mol. The zero-order valence-corrected chi connectivity index (χ0v) is 8.10. The lowest BCUT2D eigenvalue weighted by Crippen LogP contribution is -2.32. The maximum atomic E-state index is 11.2. The molecular formula is C8H11N3O4. The molecule has 0 bridgehead atoms. The number of nitrogens with zero attached hydrogens (tertiary/aromatic N) is 1. The van der Waals surface area contributed by atoms with E-state index >= 15 is 0 Å². The van der Waals surface area contributed by atoms with Crippen LogP contribution in [-0.4, -0.2) is 15.5 Å². The summed E-state index contributed by atoms with van der Waals surface area (Å²) in [6.45, 7) is 1.67. The first-order chi connectivity index (χ1) is 7.04. The van der Waals surface area contributed by atoms with E-state index in [0.717, 1.165) is 0 Å². The molecule has 1 aromatic rings. The molecule has 1 aromatic heterocycles. The van der Waals surface area contributed by atoms with Crippen LogP contribution in [-0.2, 0) is 16.2 Å². The molecule has 0 spiro atoms. The van der Waals surface area contributed by atoms with Crippen molar-refractivity contribution < 1.29 is 9.63 Å². The Hall–Kier alpha value is -1.89. The molecule has 1 heterocycles. The highest BCUT2D eigenvalue weighted by molar-refractivity contribution is 5.71. The number of rotatable bonds is 3. The largest absolute Gasteiger partial charge is 0.373 e. The molecule has 0 saturated carbocycles. The van der Waals surface area contributed by atoms with Crippen molar-refractivity contribution in [2.75, 3.05) is 0 Å². The first kappa shape index (κ1) is 11.2. The summed E-state index contributed by atoms with van der Waals surface area (Å²) in [5.74, 6) is 3.52. The second-order valence-electron chi connectivity index (χ2n) is 3.10. The van der Waals surface area contributed by atoms with Gasteiger partial charge in [-0.05, 0) is 0 Å². The molecule has 1 rings (SSSR count). The second-order valence-corrected chi connectivity index (χ2v) is 3.10. The Morgan fingerprint density at radius 2 is 2.33 bits per heavy atom. The van der Waals surface area contributed by atoms with Crippen LogP contribution in [0.15, 0.2) is 21.9 Å². The summed E-state index contributed by atoms with van der Waals surface area (Å²) < 4.78 is 1.20. The van der Waals surface area contributed by atoms with E-state index in [1.165, 1.54) is 16.8 Å². The quantitative estimate of drug-likeness (QED) is 0.600. The molecule has 0 radical (unpaired) electrons. The van der Waals surface area contributed by atoms with Gasteiger partial charge in [0.2, 0.25) is 0 Å². The van der Waals surface area contributed by atoms with Gasteiger partial charge in [0.1, 0.15) is 0 Å². The number of H-pyrrole nitrogens is 1. The number of hydrogen-bond acceptors (Lipinski definition) is 5. The van der Waals surface area contributed by atoms with E-state index in [1.54, 1.807) is 6.92 Å². The van der Waals surface area contributed by atoms with Gasteiger partial charge in [-0.15, -0.1) is 0 Å². The Bertz CT molecular complexity index is 461. The van der Waals surface area contributed by atoms with E-state index in [0.29, 0.717) is 0 Å². The summed E-state index contributed by atoms with van der Waals surface area (Å²) >= 11 is 0. The molecule has 1 unspecified atom stereocenters. The number of nitrogens with one attached hydrogen (secondary N) is 1. The smallest absolute Gasteiger partial charge is 0.328 e. The van der Waals surface area contributed by atoms with Crippen molar-refractivity contribution in [3.8, 4) is 0 Å². The molecule has 0 saturated heterocycles. The Labute approximate surface area is 84.4 Å². The first-order valence-corrected chi connectivity index (χ1v) is 4.25. The molecule has 0 amide bonds. The molecule has 0 fully saturated rings. The third kappa shape index (κ3) is 2.78. The van der Waals surface area contributed by atoms with Crippen molar-refractivity contribution in [3.63, 3.8) is 0 Å². The minimum Gasteiger partial charge on any atom is -0.373 e. The fraction of sp³-hybridized carbons (Fsp3) is 0.375. The van der Waals surface area contributed by atoms with Crippen LogP contribution in [0.5, 0.6) is 0 Å². The number of carbonyl (C=O) groups excluding carboxylic acids is 1. The Morgan fingerprint density at radius 3 is 2.87 bits per heavy atom. The van der Waals surface area contributed by atoms with E-state index < -0.39 is 23.1 Å². The molecule has 0 aromatic carbocycles. The van der Waals surface area contributed by atoms with Gasteiger partial charge >= 0.3 is 11.7 Å².